The third-order valence-corrected chi connectivity index (χ3v) is 2.93. The number of benzene rings is 1. The van der Waals surface area contributed by atoms with Gasteiger partial charge in [0.05, 0.1) is 7.11 Å². The fourth-order valence-electron chi connectivity index (χ4n) is 1.32. The summed E-state index contributed by atoms with van der Waals surface area (Å²) in [7, 11) is 1.64. The molecule has 0 heterocycles. The Morgan fingerprint density at radius 2 is 2.15 bits per heavy atom. The largest absolute Gasteiger partial charge is 0.496 e. The molecule has 0 aromatic heterocycles. The van der Waals surface area contributed by atoms with Crippen LogP contribution in [0.2, 0.25) is 0 Å². The van der Waals surface area contributed by atoms with Crippen LogP contribution in [0.3, 0.4) is 0 Å². The van der Waals surface area contributed by atoms with E-state index in [1.807, 2.05) is 19.1 Å². The Balaban J connectivity index is 3.15. The van der Waals surface area contributed by atoms with Gasteiger partial charge in [-0.15, -0.1) is 0 Å². The summed E-state index contributed by atoms with van der Waals surface area (Å²) in [6.45, 7) is 2.16. The highest BCUT2D eigenvalue weighted by atomic mass is 79.9. The summed E-state index contributed by atoms with van der Waals surface area (Å²) in [5.74, 6) is 0.842. The van der Waals surface area contributed by atoms with Crippen LogP contribution in [-0.2, 0) is 6.42 Å². The van der Waals surface area contributed by atoms with Crippen molar-refractivity contribution in [3.63, 3.8) is 0 Å². The molecule has 0 saturated carbocycles. The highest BCUT2D eigenvalue weighted by molar-refractivity contribution is 9.10. The van der Waals surface area contributed by atoms with Gasteiger partial charge in [0, 0.05) is 16.6 Å². The molecule has 72 valence electrons. The molecule has 0 amide bonds. The molecule has 2 nitrogen and oxygen atoms in total. The molecule has 3 heteroatoms. The number of hydrogen-bond donors (Lipinski definition) is 1. The van der Waals surface area contributed by atoms with Gasteiger partial charge in [0.2, 0.25) is 0 Å². The summed E-state index contributed by atoms with van der Waals surface area (Å²) in [4.78, 5) is 0. The van der Waals surface area contributed by atoms with Crippen molar-refractivity contribution in [2.24, 2.45) is 0 Å². The molecule has 1 aromatic rings. The SMILES string of the molecule is COc1ccc(Br)c(C)c1CCO. The summed E-state index contributed by atoms with van der Waals surface area (Å²) in [6, 6.07) is 3.86. The van der Waals surface area contributed by atoms with Gasteiger partial charge in [0.15, 0.2) is 0 Å². The molecule has 0 spiro atoms. The van der Waals surface area contributed by atoms with E-state index in [0.717, 1.165) is 21.3 Å². The number of aliphatic hydroxyl groups is 1. The third-order valence-electron chi connectivity index (χ3n) is 2.07. The first-order chi connectivity index (χ1) is 6.20. The molecule has 13 heavy (non-hydrogen) atoms. The molecule has 0 radical (unpaired) electrons. The monoisotopic (exact) mass is 244 g/mol. The predicted octanol–water partition coefficient (Wildman–Crippen LogP) is 2.30. The lowest BCUT2D eigenvalue weighted by molar-refractivity contribution is 0.296. The first-order valence-corrected chi connectivity index (χ1v) is 4.92. The fraction of sp³-hybridized carbons (Fsp3) is 0.400. The molecule has 0 aliphatic heterocycles. The van der Waals surface area contributed by atoms with E-state index in [1.165, 1.54) is 0 Å². The van der Waals surface area contributed by atoms with E-state index in [4.69, 9.17) is 9.84 Å². The Bertz CT molecular complexity index is 297. The lowest BCUT2D eigenvalue weighted by atomic mass is 10.1. The summed E-state index contributed by atoms with van der Waals surface area (Å²) in [6.07, 6.45) is 0.633. The van der Waals surface area contributed by atoms with Crippen molar-refractivity contribution in [3.05, 3.63) is 27.7 Å². The van der Waals surface area contributed by atoms with E-state index >= 15 is 0 Å². The molecular formula is C10H13BrO2. The minimum absolute atomic E-state index is 0.146. The molecule has 0 atom stereocenters. The standard InChI is InChI=1S/C10H13BrO2/c1-7-8(5-6-12)10(13-2)4-3-9(7)11/h3-4,12H,5-6H2,1-2H3. The molecule has 0 unspecified atom stereocenters. The first-order valence-electron chi connectivity index (χ1n) is 4.13. The molecule has 0 bridgehead atoms. The maximum atomic E-state index is 8.88. The van der Waals surface area contributed by atoms with E-state index in [9.17, 15) is 0 Å². The number of rotatable bonds is 3. The van der Waals surface area contributed by atoms with Gasteiger partial charge in [0.1, 0.15) is 5.75 Å². The van der Waals surface area contributed by atoms with Crippen LogP contribution >= 0.6 is 15.9 Å². The summed E-state index contributed by atoms with van der Waals surface area (Å²) < 4.78 is 6.25. The van der Waals surface area contributed by atoms with E-state index in [-0.39, 0.29) is 6.61 Å². The average molecular weight is 245 g/mol. The Morgan fingerprint density at radius 1 is 1.46 bits per heavy atom. The zero-order valence-electron chi connectivity index (χ0n) is 7.80. The van der Waals surface area contributed by atoms with Crippen LogP contribution in [0.25, 0.3) is 0 Å². The first kappa shape index (κ1) is 10.5. The number of ether oxygens (including phenoxy) is 1. The third kappa shape index (κ3) is 2.23. The van der Waals surface area contributed by atoms with E-state index < -0.39 is 0 Å². The van der Waals surface area contributed by atoms with Gasteiger partial charge in [-0.2, -0.15) is 0 Å². The molecular weight excluding hydrogens is 232 g/mol. The van der Waals surface area contributed by atoms with Crippen LogP contribution < -0.4 is 4.74 Å². The van der Waals surface area contributed by atoms with Crippen LogP contribution in [0.4, 0.5) is 0 Å². The molecule has 0 aliphatic rings. The second-order valence-corrected chi connectivity index (χ2v) is 3.68. The molecule has 0 fully saturated rings. The van der Waals surface area contributed by atoms with Gasteiger partial charge in [-0.1, -0.05) is 15.9 Å². The second kappa shape index (κ2) is 4.63. The van der Waals surface area contributed by atoms with E-state index in [2.05, 4.69) is 15.9 Å². The van der Waals surface area contributed by atoms with Crippen molar-refractivity contribution in [3.8, 4) is 5.75 Å². The Labute approximate surface area is 86.7 Å². The molecule has 0 aliphatic carbocycles. The summed E-state index contributed by atoms with van der Waals surface area (Å²) >= 11 is 3.44. The number of hydrogen-bond acceptors (Lipinski definition) is 2. The number of halogens is 1. The van der Waals surface area contributed by atoms with Gasteiger partial charge in [0.25, 0.3) is 0 Å². The maximum absolute atomic E-state index is 8.88. The van der Waals surface area contributed by atoms with Crippen molar-refractivity contribution < 1.29 is 9.84 Å². The molecule has 1 N–H and O–H groups in total. The average Bonchev–Trinajstić information content (AvgIpc) is 2.14. The van der Waals surface area contributed by atoms with Crippen molar-refractivity contribution in [1.29, 1.82) is 0 Å². The zero-order chi connectivity index (χ0) is 9.84. The van der Waals surface area contributed by atoms with E-state index in [0.29, 0.717) is 6.42 Å². The van der Waals surface area contributed by atoms with Crippen LogP contribution in [-0.4, -0.2) is 18.8 Å². The van der Waals surface area contributed by atoms with Crippen molar-refractivity contribution in [2.45, 2.75) is 13.3 Å². The molecule has 0 saturated heterocycles. The second-order valence-electron chi connectivity index (χ2n) is 2.83. The zero-order valence-corrected chi connectivity index (χ0v) is 9.39. The van der Waals surface area contributed by atoms with Crippen LogP contribution in [0, 0.1) is 6.92 Å². The van der Waals surface area contributed by atoms with Gasteiger partial charge < -0.3 is 9.84 Å². The quantitative estimate of drug-likeness (QED) is 0.885. The van der Waals surface area contributed by atoms with Crippen LogP contribution in [0.1, 0.15) is 11.1 Å². The Hall–Kier alpha value is -0.540. The number of aliphatic hydroxyl groups excluding tert-OH is 1. The van der Waals surface area contributed by atoms with Crippen molar-refractivity contribution in [1.82, 2.24) is 0 Å². The highest BCUT2D eigenvalue weighted by Crippen LogP contribution is 2.28. The molecule has 1 rings (SSSR count). The van der Waals surface area contributed by atoms with Gasteiger partial charge >= 0.3 is 0 Å². The van der Waals surface area contributed by atoms with Crippen molar-refractivity contribution in [2.75, 3.05) is 13.7 Å². The summed E-state index contributed by atoms with van der Waals surface area (Å²) in [5, 5.41) is 8.88. The topological polar surface area (TPSA) is 29.5 Å². The van der Waals surface area contributed by atoms with Gasteiger partial charge in [-0.3, -0.25) is 0 Å². The summed E-state index contributed by atoms with van der Waals surface area (Å²) in [5.41, 5.74) is 2.20. The van der Waals surface area contributed by atoms with Crippen molar-refractivity contribution >= 4 is 15.9 Å². The predicted molar refractivity (Wildman–Crippen MR) is 56.2 cm³/mol. The lowest BCUT2D eigenvalue weighted by Crippen LogP contribution is -1.99. The van der Waals surface area contributed by atoms with Gasteiger partial charge in [-0.05, 0) is 31.0 Å². The van der Waals surface area contributed by atoms with Crippen LogP contribution in [0.15, 0.2) is 16.6 Å². The minimum atomic E-state index is 0.146. The fourth-order valence-corrected chi connectivity index (χ4v) is 1.69. The van der Waals surface area contributed by atoms with Crippen LogP contribution in [0.5, 0.6) is 5.75 Å². The normalized spacial score (nSPS) is 10.2. The Morgan fingerprint density at radius 3 is 2.69 bits per heavy atom. The smallest absolute Gasteiger partial charge is 0.122 e. The maximum Gasteiger partial charge on any atom is 0.122 e. The minimum Gasteiger partial charge on any atom is -0.496 e. The van der Waals surface area contributed by atoms with E-state index in [1.54, 1.807) is 7.11 Å². The van der Waals surface area contributed by atoms with Gasteiger partial charge in [-0.25, -0.2) is 0 Å². The number of methoxy groups -OCH3 is 1. The lowest BCUT2D eigenvalue weighted by Gasteiger charge is -2.11. The highest BCUT2D eigenvalue weighted by Gasteiger charge is 2.07. The molecule has 1 aromatic carbocycles. The Kier molecular flexibility index (Phi) is 3.75.